The molecular weight excluding hydrogens is 190 g/mol. The van der Waals surface area contributed by atoms with E-state index >= 15 is 0 Å². The fourth-order valence-electron chi connectivity index (χ4n) is 1.28. The van der Waals surface area contributed by atoms with Crippen LogP contribution in [0.5, 0.6) is 0 Å². The highest BCUT2D eigenvalue weighted by Gasteiger charge is 1.95. The van der Waals surface area contributed by atoms with Gasteiger partial charge in [-0.2, -0.15) is 0 Å². The molecule has 0 aromatic carbocycles. The van der Waals surface area contributed by atoms with Gasteiger partial charge in [-0.25, -0.2) is 0 Å². The van der Waals surface area contributed by atoms with E-state index in [0.717, 1.165) is 19.5 Å². The van der Waals surface area contributed by atoms with Crippen LogP contribution in [0.1, 0.15) is 31.6 Å². The summed E-state index contributed by atoms with van der Waals surface area (Å²) in [5.41, 5.74) is 1.49. The van der Waals surface area contributed by atoms with Crippen molar-refractivity contribution < 1.29 is 0 Å². The molecule has 1 nitrogen and oxygen atoms in total. The summed E-state index contributed by atoms with van der Waals surface area (Å²) < 4.78 is 0. The van der Waals surface area contributed by atoms with Crippen LogP contribution in [0.25, 0.3) is 6.08 Å². The molecule has 0 fully saturated rings. The van der Waals surface area contributed by atoms with Crippen LogP contribution in [0, 0.1) is 0 Å². The van der Waals surface area contributed by atoms with Gasteiger partial charge in [0.25, 0.3) is 0 Å². The molecule has 78 valence electrons. The Balaban J connectivity index is 2.45. The number of hydrogen-bond donors (Lipinski definition) is 1. The van der Waals surface area contributed by atoms with Gasteiger partial charge in [0.05, 0.1) is 0 Å². The normalized spacial score (nSPS) is 12.0. The first-order valence-electron chi connectivity index (χ1n) is 5.30. The fourth-order valence-corrected chi connectivity index (χ4v) is 1.98. The van der Waals surface area contributed by atoms with E-state index in [0.29, 0.717) is 0 Å². The molecule has 1 aromatic rings. The van der Waals surface area contributed by atoms with E-state index < -0.39 is 0 Å². The summed E-state index contributed by atoms with van der Waals surface area (Å²) in [6.07, 6.45) is 4.64. The number of thiophene rings is 1. The van der Waals surface area contributed by atoms with Crippen LogP contribution in [0.2, 0.25) is 0 Å². The molecule has 0 saturated heterocycles. The summed E-state index contributed by atoms with van der Waals surface area (Å²) >= 11 is 1.80. The molecule has 1 aromatic heterocycles. The largest absolute Gasteiger partial charge is 0.313 e. The predicted octanol–water partition coefficient (Wildman–Crippen LogP) is 3.54. The van der Waals surface area contributed by atoms with Gasteiger partial charge in [-0.3, -0.25) is 0 Å². The lowest BCUT2D eigenvalue weighted by molar-refractivity contribution is 0.706. The van der Waals surface area contributed by atoms with Crippen molar-refractivity contribution in [3.8, 4) is 0 Å². The van der Waals surface area contributed by atoms with Crippen LogP contribution in [-0.2, 0) is 0 Å². The fraction of sp³-hybridized carbons (Fsp3) is 0.500. The minimum absolute atomic E-state index is 1.03. The standard InChI is InChI=1S/C12H19NS/c1-3-7-13-10-11(4-2)9-12-6-5-8-14-12/h5-6,8-9,13H,3-4,7,10H2,1-2H3. The highest BCUT2D eigenvalue weighted by atomic mass is 32.1. The number of hydrogen-bond acceptors (Lipinski definition) is 2. The van der Waals surface area contributed by atoms with Gasteiger partial charge in [-0.05, 0) is 36.9 Å². The Bertz CT molecular complexity index is 262. The third-order valence-electron chi connectivity index (χ3n) is 2.12. The summed E-state index contributed by atoms with van der Waals surface area (Å²) in [5.74, 6) is 0. The van der Waals surface area contributed by atoms with Crippen molar-refractivity contribution in [1.82, 2.24) is 5.32 Å². The summed E-state index contributed by atoms with van der Waals surface area (Å²) in [4.78, 5) is 1.36. The minimum Gasteiger partial charge on any atom is -0.313 e. The molecular formula is C12H19NS. The van der Waals surface area contributed by atoms with Crippen molar-refractivity contribution in [2.24, 2.45) is 0 Å². The summed E-state index contributed by atoms with van der Waals surface area (Å²) in [5, 5.41) is 5.56. The maximum atomic E-state index is 3.43. The first kappa shape index (κ1) is 11.5. The van der Waals surface area contributed by atoms with E-state index in [2.05, 4.69) is 42.8 Å². The highest BCUT2D eigenvalue weighted by Crippen LogP contribution is 2.14. The van der Waals surface area contributed by atoms with Crippen molar-refractivity contribution >= 4 is 17.4 Å². The maximum absolute atomic E-state index is 3.43. The third kappa shape index (κ3) is 4.07. The first-order valence-corrected chi connectivity index (χ1v) is 6.18. The number of nitrogens with one attached hydrogen (secondary N) is 1. The molecule has 0 spiro atoms. The molecule has 0 unspecified atom stereocenters. The van der Waals surface area contributed by atoms with E-state index in [-0.39, 0.29) is 0 Å². The molecule has 0 saturated carbocycles. The molecule has 0 radical (unpaired) electrons. The molecule has 0 atom stereocenters. The van der Waals surface area contributed by atoms with Crippen molar-refractivity contribution in [2.45, 2.75) is 26.7 Å². The Morgan fingerprint density at radius 1 is 1.50 bits per heavy atom. The molecule has 0 aliphatic carbocycles. The Hall–Kier alpha value is -0.600. The molecule has 1 N–H and O–H groups in total. The average Bonchev–Trinajstić information content (AvgIpc) is 2.69. The Morgan fingerprint density at radius 2 is 2.36 bits per heavy atom. The lowest BCUT2D eigenvalue weighted by Crippen LogP contribution is -2.17. The van der Waals surface area contributed by atoms with Crippen molar-refractivity contribution in [1.29, 1.82) is 0 Å². The third-order valence-corrected chi connectivity index (χ3v) is 2.94. The van der Waals surface area contributed by atoms with Gasteiger partial charge in [0.1, 0.15) is 0 Å². The van der Waals surface area contributed by atoms with E-state index in [1.54, 1.807) is 11.3 Å². The van der Waals surface area contributed by atoms with Gasteiger partial charge in [0.15, 0.2) is 0 Å². The van der Waals surface area contributed by atoms with E-state index in [1.807, 2.05) is 0 Å². The summed E-state index contributed by atoms with van der Waals surface area (Å²) in [6, 6.07) is 4.27. The van der Waals surface area contributed by atoms with Gasteiger partial charge in [0.2, 0.25) is 0 Å². The SMILES string of the molecule is CCCNCC(=Cc1cccs1)CC. The van der Waals surface area contributed by atoms with Crippen LogP contribution in [0.3, 0.4) is 0 Å². The molecule has 0 amide bonds. The summed E-state index contributed by atoms with van der Waals surface area (Å²) in [7, 11) is 0. The first-order chi connectivity index (χ1) is 6.86. The predicted molar refractivity (Wildman–Crippen MR) is 65.7 cm³/mol. The minimum atomic E-state index is 1.03. The number of rotatable bonds is 6. The average molecular weight is 209 g/mol. The molecule has 0 bridgehead atoms. The molecule has 14 heavy (non-hydrogen) atoms. The van der Waals surface area contributed by atoms with E-state index in [1.165, 1.54) is 16.9 Å². The summed E-state index contributed by atoms with van der Waals surface area (Å²) in [6.45, 7) is 6.55. The van der Waals surface area contributed by atoms with Gasteiger partial charge in [0, 0.05) is 11.4 Å². The second-order valence-electron chi connectivity index (χ2n) is 3.35. The van der Waals surface area contributed by atoms with Crippen molar-refractivity contribution in [3.05, 3.63) is 28.0 Å². The lowest BCUT2D eigenvalue weighted by Gasteiger charge is -2.05. The zero-order chi connectivity index (χ0) is 10.2. The topological polar surface area (TPSA) is 12.0 Å². The second-order valence-corrected chi connectivity index (χ2v) is 4.33. The Kier molecular flexibility index (Phi) is 5.57. The molecule has 1 rings (SSSR count). The van der Waals surface area contributed by atoms with E-state index in [4.69, 9.17) is 0 Å². The van der Waals surface area contributed by atoms with Gasteiger partial charge >= 0.3 is 0 Å². The lowest BCUT2D eigenvalue weighted by atomic mass is 10.2. The molecule has 0 aliphatic heterocycles. The smallest absolute Gasteiger partial charge is 0.0270 e. The molecule has 1 heterocycles. The monoisotopic (exact) mass is 209 g/mol. The molecule has 0 aliphatic rings. The van der Waals surface area contributed by atoms with Crippen LogP contribution >= 0.6 is 11.3 Å². The van der Waals surface area contributed by atoms with Crippen molar-refractivity contribution in [2.75, 3.05) is 13.1 Å². The van der Waals surface area contributed by atoms with Crippen molar-refractivity contribution in [3.63, 3.8) is 0 Å². The Labute approximate surface area is 90.9 Å². The maximum Gasteiger partial charge on any atom is 0.0270 e. The zero-order valence-electron chi connectivity index (χ0n) is 9.05. The second kappa shape index (κ2) is 6.80. The van der Waals surface area contributed by atoms with Crippen LogP contribution < -0.4 is 5.32 Å². The van der Waals surface area contributed by atoms with Gasteiger partial charge < -0.3 is 5.32 Å². The Morgan fingerprint density at radius 3 is 2.93 bits per heavy atom. The van der Waals surface area contributed by atoms with Crippen LogP contribution in [0.15, 0.2) is 23.1 Å². The van der Waals surface area contributed by atoms with E-state index in [9.17, 15) is 0 Å². The van der Waals surface area contributed by atoms with Crippen LogP contribution in [0.4, 0.5) is 0 Å². The highest BCUT2D eigenvalue weighted by molar-refractivity contribution is 7.10. The van der Waals surface area contributed by atoms with Gasteiger partial charge in [-0.15, -0.1) is 11.3 Å². The van der Waals surface area contributed by atoms with Crippen LogP contribution in [-0.4, -0.2) is 13.1 Å². The zero-order valence-corrected chi connectivity index (χ0v) is 9.86. The van der Waals surface area contributed by atoms with Gasteiger partial charge in [-0.1, -0.05) is 25.5 Å². The quantitative estimate of drug-likeness (QED) is 0.707. The molecule has 2 heteroatoms.